The van der Waals surface area contributed by atoms with Gasteiger partial charge in [0.15, 0.2) is 0 Å². The van der Waals surface area contributed by atoms with Crippen molar-refractivity contribution in [2.24, 2.45) is 5.92 Å². The molecule has 2 atom stereocenters. The number of benzene rings is 1. The zero-order valence-electron chi connectivity index (χ0n) is 16.4. The summed E-state index contributed by atoms with van der Waals surface area (Å²) in [6, 6.07) is 10.4. The largest absolute Gasteiger partial charge is 0.383 e. The van der Waals surface area contributed by atoms with E-state index in [1.807, 2.05) is 17.4 Å². The maximum atomic E-state index is 12.3. The molecule has 27 heavy (non-hydrogen) atoms. The Morgan fingerprint density at radius 3 is 2.85 bits per heavy atom. The van der Waals surface area contributed by atoms with Crippen LogP contribution in [0.4, 0.5) is 0 Å². The van der Waals surface area contributed by atoms with Crippen LogP contribution < -0.4 is 5.32 Å². The predicted octanol–water partition coefficient (Wildman–Crippen LogP) is 4.80. The van der Waals surface area contributed by atoms with E-state index in [1.54, 1.807) is 7.11 Å². The Balaban J connectivity index is 1.71. The van der Waals surface area contributed by atoms with Crippen LogP contribution in [0.3, 0.4) is 0 Å². The molecule has 4 nitrogen and oxygen atoms in total. The average molecular weight is 387 g/mol. The van der Waals surface area contributed by atoms with Gasteiger partial charge in [0.1, 0.15) is 5.01 Å². The van der Waals surface area contributed by atoms with Crippen LogP contribution >= 0.6 is 11.3 Å². The first-order valence-electron chi connectivity index (χ1n) is 10.0. The van der Waals surface area contributed by atoms with E-state index in [2.05, 4.69) is 36.5 Å². The van der Waals surface area contributed by atoms with E-state index < -0.39 is 0 Å². The molecule has 0 aliphatic heterocycles. The highest BCUT2D eigenvalue weighted by Gasteiger charge is 2.36. The highest BCUT2D eigenvalue weighted by molar-refractivity contribution is 7.15. The fourth-order valence-electron chi connectivity index (χ4n) is 3.91. The van der Waals surface area contributed by atoms with Gasteiger partial charge in [0.05, 0.1) is 12.3 Å². The molecule has 1 aliphatic rings. The molecule has 1 N–H and O–H groups in total. The minimum absolute atomic E-state index is 0.135. The van der Waals surface area contributed by atoms with Gasteiger partial charge in [0.25, 0.3) is 0 Å². The summed E-state index contributed by atoms with van der Waals surface area (Å²) in [5.41, 5.74) is 2.45. The Morgan fingerprint density at radius 2 is 2.11 bits per heavy atom. The zero-order valence-corrected chi connectivity index (χ0v) is 17.2. The Hall–Kier alpha value is -1.72. The van der Waals surface area contributed by atoms with Crippen molar-refractivity contribution in [3.63, 3.8) is 0 Å². The van der Waals surface area contributed by atoms with E-state index in [0.717, 1.165) is 17.8 Å². The maximum absolute atomic E-state index is 12.3. The summed E-state index contributed by atoms with van der Waals surface area (Å²) in [4.78, 5) is 18.7. The smallest absolute Gasteiger partial charge is 0.220 e. The molecule has 1 aliphatic carbocycles. The number of nitrogens with zero attached hydrogens (tertiary/aromatic N) is 1. The van der Waals surface area contributed by atoms with E-state index >= 15 is 0 Å². The molecule has 1 heterocycles. The number of unbranched alkanes of at least 4 members (excludes halogenated alkanes) is 2. The number of methoxy groups -OCH3 is 1. The molecule has 1 amide bonds. The molecule has 1 aromatic heterocycles. The van der Waals surface area contributed by atoms with Crippen molar-refractivity contribution < 1.29 is 9.53 Å². The summed E-state index contributed by atoms with van der Waals surface area (Å²) in [7, 11) is 1.65. The lowest BCUT2D eigenvalue weighted by Gasteiger charge is -2.19. The van der Waals surface area contributed by atoms with Crippen LogP contribution in [0, 0.1) is 5.92 Å². The second kappa shape index (κ2) is 10.00. The highest BCUT2D eigenvalue weighted by atomic mass is 32.1. The second-order valence-corrected chi connectivity index (χ2v) is 8.39. The number of rotatable bonds is 10. The van der Waals surface area contributed by atoms with Gasteiger partial charge in [-0.2, -0.15) is 0 Å². The molecule has 2 unspecified atom stereocenters. The van der Waals surface area contributed by atoms with Crippen molar-refractivity contribution in [3.8, 4) is 10.6 Å². The van der Waals surface area contributed by atoms with Gasteiger partial charge in [0, 0.05) is 36.4 Å². The van der Waals surface area contributed by atoms with Crippen LogP contribution in [0.5, 0.6) is 0 Å². The molecule has 2 aromatic rings. The first-order chi connectivity index (χ1) is 13.2. The number of aromatic nitrogens is 1. The number of carbonyl (C=O) groups is 1. The van der Waals surface area contributed by atoms with Gasteiger partial charge in [-0.3, -0.25) is 4.79 Å². The Morgan fingerprint density at radius 1 is 1.30 bits per heavy atom. The van der Waals surface area contributed by atoms with Gasteiger partial charge >= 0.3 is 0 Å². The molecule has 0 saturated heterocycles. The van der Waals surface area contributed by atoms with Gasteiger partial charge in [-0.1, -0.05) is 56.5 Å². The maximum Gasteiger partial charge on any atom is 0.220 e. The third-order valence-electron chi connectivity index (χ3n) is 5.31. The molecule has 3 rings (SSSR count). The lowest BCUT2D eigenvalue weighted by Crippen LogP contribution is -2.29. The summed E-state index contributed by atoms with van der Waals surface area (Å²) in [6.45, 7) is 3.38. The summed E-state index contributed by atoms with van der Waals surface area (Å²) < 4.78 is 5.02. The van der Waals surface area contributed by atoms with Crippen molar-refractivity contribution in [1.82, 2.24) is 10.3 Å². The van der Waals surface area contributed by atoms with Gasteiger partial charge in [0.2, 0.25) is 5.91 Å². The van der Waals surface area contributed by atoms with Crippen LogP contribution in [-0.4, -0.2) is 31.2 Å². The van der Waals surface area contributed by atoms with Crippen molar-refractivity contribution in [2.75, 3.05) is 20.3 Å². The van der Waals surface area contributed by atoms with E-state index in [9.17, 15) is 4.79 Å². The normalized spacial score (nSPS) is 18.4. The molecule has 0 saturated carbocycles. The number of hydrogen-bond donors (Lipinski definition) is 1. The SMILES string of the molecule is CCCCCC1c2nc(-c3ccccc3)sc2CC1CC(=O)NCCOC. The third-order valence-corrected chi connectivity index (χ3v) is 6.45. The van der Waals surface area contributed by atoms with Crippen molar-refractivity contribution in [3.05, 3.63) is 40.9 Å². The first-order valence-corrected chi connectivity index (χ1v) is 10.8. The Kier molecular flexibility index (Phi) is 7.41. The molecule has 5 heteroatoms. The topological polar surface area (TPSA) is 51.2 Å². The first kappa shape index (κ1) is 20.0. The quantitative estimate of drug-likeness (QED) is 0.597. The summed E-state index contributed by atoms with van der Waals surface area (Å²) in [5, 5.41) is 4.09. The van der Waals surface area contributed by atoms with E-state index in [4.69, 9.17) is 9.72 Å². The average Bonchev–Trinajstić information content (AvgIpc) is 3.22. The minimum atomic E-state index is 0.135. The van der Waals surface area contributed by atoms with Gasteiger partial charge < -0.3 is 10.1 Å². The monoisotopic (exact) mass is 386 g/mol. The number of thiazole rings is 1. The molecule has 0 spiro atoms. The summed E-state index contributed by atoms with van der Waals surface area (Å²) in [6.07, 6.45) is 6.37. The van der Waals surface area contributed by atoms with Crippen molar-refractivity contribution in [2.45, 2.75) is 51.4 Å². The van der Waals surface area contributed by atoms with Crippen molar-refractivity contribution in [1.29, 1.82) is 0 Å². The predicted molar refractivity (Wildman–Crippen MR) is 111 cm³/mol. The zero-order chi connectivity index (χ0) is 19.1. The highest BCUT2D eigenvalue weighted by Crippen LogP contribution is 2.46. The fraction of sp³-hybridized carbons (Fsp3) is 0.545. The number of ether oxygens (including phenoxy) is 1. The number of nitrogens with one attached hydrogen (secondary N) is 1. The fourth-order valence-corrected chi connectivity index (χ4v) is 5.14. The van der Waals surface area contributed by atoms with Crippen LogP contribution in [0.25, 0.3) is 10.6 Å². The van der Waals surface area contributed by atoms with Crippen LogP contribution in [-0.2, 0) is 16.0 Å². The van der Waals surface area contributed by atoms with Gasteiger partial charge in [-0.25, -0.2) is 4.98 Å². The van der Waals surface area contributed by atoms with E-state index in [0.29, 0.717) is 31.4 Å². The van der Waals surface area contributed by atoms with Gasteiger partial charge in [-0.05, 0) is 18.8 Å². The van der Waals surface area contributed by atoms with Crippen LogP contribution in [0.1, 0.15) is 55.5 Å². The number of fused-ring (bicyclic) bond motifs is 1. The van der Waals surface area contributed by atoms with E-state index in [1.165, 1.54) is 35.4 Å². The number of amides is 1. The molecule has 0 fully saturated rings. The molecular formula is C22H30N2O2S. The minimum Gasteiger partial charge on any atom is -0.383 e. The van der Waals surface area contributed by atoms with Gasteiger partial charge in [-0.15, -0.1) is 11.3 Å². The summed E-state index contributed by atoms with van der Waals surface area (Å²) in [5.74, 6) is 0.924. The standard InChI is InChI=1S/C22H30N2O2S/c1-3-4-6-11-18-17(15-20(25)23-12-13-26-2)14-19-21(18)24-22(27-19)16-9-7-5-8-10-16/h5,7-10,17-18H,3-4,6,11-15H2,1-2H3,(H,23,25). The summed E-state index contributed by atoms with van der Waals surface area (Å²) >= 11 is 1.81. The number of carbonyl (C=O) groups excluding carboxylic acids is 1. The molecular weight excluding hydrogens is 356 g/mol. The molecule has 146 valence electrons. The van der Waals surface area contributed by atoms with E-state index in [-0.39, 0.29) is 5.91 Å². The Bertz CT molecular complexity index is 729. The molecule has 0 bridgehead atoms. The van der Waals surface area contributed by atoms with Crippen LogP contribution in [0.2, 0.25) is 0 Å². The Labute approximate surface area is 166 Å². The number of hydrogen-bond acceptors (Lipinski definition) is 4. The second-order valence-electron chi connectivity index (χ2n) is 7.31. The van der Waals surface area contributed by atoms with Crippen molar-refractivity contribution >= 4 is 17.2 Å². The third kappa shape index (κ3) is 5.17. The van der Waals surface area contributed by atoms with Crippen LogP contribution in [0.15, 0.2) is 30.3 Å². The molecule has 1 aromatic carbocycles. The molecule has 0 radical (unpaired) electrons. The lowest BCUT2D eigenvalue weighted by molar-refractivity contribution is -0.122. The lowest BCUT2D eigenvalue weighted by atomic mass is 9.87.